The molecule has 0 unspecified atom stereocenters. The maximum atomic E-state index is 8.85. The molecule has 0 amide bonds. The van der Waals surface area contributed by atoms with Gasteiger partial charge in [0.25, 0.3) is 0 Å². The summed E-state index contributed by atoms with van der Waals surface area (Å²) in [7, 11) is 0. The van der Waals surface area contributed by atoms with Crippen molar-refractivity contribution in [3.63, 3.8) is 0 Å². The summed E-state index contributed by atoms with van der Waals surface area (Å²) >= 11 is 0. The van der Waals surface area contributed by atoms with Crippen molar-refractivity contribution >= 4 is 0 Å². The van der Waals surface area contributed by atoms with Gasteiger partial charge in [0.2, 0.25) is 5.88 Å². The van der Waals surface area contributed by atoms with Crippen molar-refractivity contribution in [3.05, 3.63) is 47.9 Å². The van der Waals surface area contributed by atoms with Crippen LogP contribution in [0.3, 0.4) is 0 Å². The molecule has 0 radical (unpaired) electrons. The number of ether oxygens (including phenoxy) is 1. The third-order valence-corrected chi connectivity index (χ3v) is 2.17. The highest BCUT2D eigenvalue weighted by atomic mass is 16.5. The molecular weight excluding hydrogens is 216 g/mol. The van der Waals surface area contributed by atoms with Crippen LogP contribution in [0.25, 0.3) is 0 Å². The third-order valence-electron chi connectivity index (χ3n) is 2.17. The molecule has 1 aromatic carbocycles. The van der Waals surface area contributed by atoms with Crippen LogP contribution in [0.15, 0.2) is 36.8 Å². The number of benzene rings is 1. The van der Waals surface area contributed by atoms with Crippen LogP contribution in [0.2, 0.25) is 0 Å². The zero-order valence-electron chi connectivity index (χ0n) is 9.00. The fourth-order valence-electron chi connectivity index (χ4n) is 1.28. The Balaban J connectivity index is 2.23. The molecule has 0 aliphatic rings. The van der Waals surface area contributed by atoms with Crippen molar-refractivity contribution < 1.29 is 4.74 Å². The fraction of sp³-hybridized carbons (Fsp3) is 0.0833. The van der Waals surface area contributed by atoms with Gasteiger partial charge in [-0.25, -0.2) is 9.97 Å². The molecule has 5 heteroatoms. The summed E-state index contributed by atoms with van der Waals surface area (Å²) in [5, 5.41) is 8.85. The first-order valence-corrected chi connectivity index (χ1v) is 5.00. The summed E-state index contributed by atoms with van der Waals surface area (Å²) in [6.45, 7) is 0.483. The van der Waals surface area contributed by atoms with Crippen molar-refractivity contribution in [1.29, 1.82) is 5.26 Å². The van der Waals surface area contributed by atoms with Crippen LogP contribution in [0.5, 0.6) is 11.6 Å². The van der Waals surface area contributed by atoms with Gasteiger partial charge in [-0.1, -0.05) is 12.1 Å². The van der Waals surface area contributed by atoms with Crippen LogP contribution in [-0.2, 0) is 6.54 Å². The second-order valence-electron chi connectivity index (χ2n) is 3.30. The molecule has 84 valence electrons. The van der Waals surface area contributed by atoms with E-state index in [1.807, 2.05) is 18.2 Å². The second-order valence-corrected chi connectivity index (χ2v) is 3.30. The van der Waals surface area contributed by atoms with Gasteiger partial charge in [0.05, 0.1) is 6.20 Å². The maximum Gasteiger partial charge on any atom is 0.240 e. The summed E-state index contributed by atoms with van der Waals surface area (Å²) in [4.78, 5) is 7.66. The summed E-state index contributed by atoms with van der Waals surface area (Å²) in [6.07, 6.45) is 2.75. The lowest BCUT2D eigenvalue weighted by molar-refractivity contribution is 0.459. The second kappa shape index (κ2) is 5.05. The molecular formula is C12H10N4O. The van der Waals surface area contributed by atoms with E-state index < -0.39 is 0 Å². The van der Waals surface area contributed by atoms with Crippen molar-refractivity contribution in [2.24, 2.45) is 5.73 Å². The molecule has 0 atom stereocenters. The minimum atomic E-state index is 0.253. The summed E-state index contributed by atoms with van der Waals surface area (Å²) < 4.78 is 5.49. The standard InChI is InChI=1S/C12H10N4O/c13-5-9-1-3-11(4-2-9)17-12-10(6-14)7-15-8-16-12/h1-4,7-8H,5,13H2. The predicted molar refractivity (Wildman–Crippen MR) is 61.2 cm³/mol. The van der Waals surface area contributed by atoms with Crippen LogP contribution in [0, 0.1) is 11.3 Å². The molecule has 0 fully saturated rings. The first kappa shape index (κ1) is 11.0. The molecule has 1 aromatic heterocycles. The van der Waals surface area contributed by atoms with Crippen LogP contribution in [-0.4, -0.2) is 9.97 Å². The van der Waals surface area contributed by atoms with E-state index in [2.05, 4.69) is 9.97 Å². The van der Waals surface area contributed by atoms with Crippen LogP contribution >= 0.6 is 0 Å². The zero-order valence-corrected chi connectivity index (χ0v) is 9.00. The van der Waals surface area contributed by atoms with Gasteiger partial charge >= 0.3 is 0 Å². The summed E-state index contributed by atoms with van der Waals surface area (Å²) in [5.74, 6) is 0.861. The van der Waals surface area contributed by atoms with Gasteiger partial charge in [-0.3, -0.25) is 0 Å². The molecule has 0 bridgehead atoms. The molecule has 0 saturated carbocycles. The smallest absolute Gasteiger partial charge is 0.240 e. The molecule has 2 aromatic rings. The Morgan fingerprint density at radius 1 is 1.29 bits per heavy atom. The molecule has 0 saturated heterocycles. The average molecular weight is 226 g/mol. The molecule has 0 aliphatic carbocycles. The van der Waals surface area contributed by atoms with Gasteiger partial charge in [-0.2, -0.15) is 5.26 Å². The Kier molecular flexibility index (Phi) is 3.28. The Hall–Kier alpha value is -2.45. The van der Waals surface area contributed by atoms with Crippen LogP contribution in [0.1, 0.15) is 11.1 Å². The number of nitrogens with zero attached hydrogens (tertiary/aromatic N) is 3. The van der Waals surface area contributed by atoms with Gasteiger partial charge < -0.3 is 10.5 Å². The Bertz CT molecular complexity index is 545. The minimum Gasteiger partial charge on any atom is -0.438 e. The van der Waals surface area contributed by atoms with E-state index in [0.29, 0.717) is 17.9 Å². The van der Waals surface area contributed by atoms with E-state index >= 15 is 0 Å². The van der Waals surface area contributed by atoms with E-state index in [1.165, 1.54) is 12.5 Å². The first-order chi connectivity index (χ1) is 8.33. The largest absolute Gasteiger partial charge is 0.438 e. The quantitative estimate of drug-likeness (QED) is 0.859. The Labute approximate surface area is 98.5 Å². The molecule has 0 spiro atoms. The number of aromatic nitrogens is 2. The molecule has 5 nitrogen and oxygen atoms in total. The summed E-state index contributed by atoms with van der Waals surface area (Å²) in [5.41, 5.74) is 6.81. The van der Waals surface area contributed by atoms with E-state index in [4.69, 9.17) is 15.7 Å². The van der Waals surface area contributed by atoms with E-state index in [0.717, 1.165) is 5.56 Å². The van der Waals surface area contributed by atoms with Gasteiger partial charge in [0.1, 0.15) is 23.7 Å². The van der Waals surface area contributed by atoms with E-state index in [-0.39, 0.29) is 5.88 Å². The highest BCUT2D eigenvalue weighted by Crippen LogP contribution is 2.21. The zero-order chi connectivity index (χ0) is 12.1. The number of hydrogen-bond donors (Lipinski definition) is 1. The van der Waals surface area contributed by atoms with Crippen molar-refractivity contribution in [2.75, 3.05) is 0 Å². The van der Waals surface area contributed by atoms with Gasteiger partial charge in [0, 0.05) is 6.54 Å². The lowest BCUT2D eigenvalue weighted by atomic mass is 10.2. The first-order valence-electron chi connectivity index (χ1n) is 5.00. The third kappa shape index (κ3) is 2.56. The van der Waals surface area contributed by atoms with Crippen LogP contribution < -0.4 is 10.5 Å². The lowest BCUT2D eigenvalue weighted by Crippen LogP contribution is -1.96. The van der Waals surface area contributed by atoms with E-state index in [1.54, 1.807) is 12.1 Å². The van der Waals surface area contributed by atoms with Crippen molar-refractivity contribution in [3.8, 4) is 17.7 Å². The van der Waals surface area contributed by atoms with Gasteiger partial charge in [0.15, 0.2) is 0 Å². The fourth-order valence-corrected chi connectivity index (χ4v) is 1.28. The average Bonchev–Trinajstić information content (AvgIpc) is 2.40. The minimum absolute atomic E-state index is 0.253. The molecule has 0 aliphatic heterocycles. The molecule has 17 heavy (non-hydrogen) atoms. The number of rotatable bonds is 3. The Morgan fingerprint density at radius 2 is 2.06 bits per heavy atom. The van der Waals surface area contributed by atoms with Gasteiger partial charge in [-0.05, 0) is 17.7 Å². The van der Waals surface area contributed by atoms with Crippen molar-refractivity contribution in [2.45, 2.75) is 6.54 Å². The van der Waals surface area contributed by atoms with Crippen LogP contribution in [0.4, 0.5) is 0 Å². The molecule has 2 rings (SSSR count). The highest BCUT2D eigenvalue weighted by molar-refractivity contribution is 5.38. The van der Waals surface area contributed by atoms with Gasteiger partial charge in [-0.15, -0.1) is 0 Å². The number of nitrogens with two attached hydrogens (primary N) is 1. The normalized spacial score (nSPS) is 9.65. The highest BCUT2D eigenvalue weighted by Gasteiger charge is 2.05. The molecule has 2 N–H and O–H groups in total. The van der Waals surface area contributed by atoms with Crippen molar-refractivity contribution in [1.82, 2.24) is 9.97 Å². The number of nitriles is 1. The monoisotopic (exact) mass is 226 g/mol. The lowest BCUT2D eigenvalue weighted by Gasteiger charge is -2.05. The predicted octanol–water partition coefficient (Wildman–Crippen LogP) is 1.60. The summed E-state index contributed by atoms with van der Waals surface area (Å²) in [6, 6.07) is 9.26. The Morgan fingerprint density at radius 3 is 2.71 bits per heavy atom. The topological polar surface area (TPSA) is 84.8 Å². The van der Waals surface area contributed by atoms with E-state index in [9.17, 15) is 0 Å². The maximum absolute atomic E-state index is 8.85. The molecule has 1 heterocycles. The SMILES string of the molecule is N#Cc1cncnc1Oc1ccc(CN)cc1. The number of hydrogen-bond acceptors (Lipinski definition) is 5.